The molecule has 4 nitrogen and oxygen atoms in total. The van der Waals surface area contributed by atoms with Crippen molar-refractivity contribution in [3.63, 3.8) is 0 Å². The molecule has 0 radical (unpaired) electrons. The van der Waals surface area contributed by atoms with Gasteiger partial charge < -0.3 is 15.8 Å². The number of alkyl halides is 3. The van der Waals surface area contributed by atoms with Crippen LogP contribution in [-0.2, 0) is 15.7 Å². The molecule has 0 aliphatic carbocycles. The molecule has 1 unspecified atom stereocenters. The standard InChI is InChI=1S/C14H19F3N2O2/c1-8(21-13(2,3)4)12(20)19-11-6-5-9(7-10(11)18)14(15,16)17/h5-8H,18H2,1-4H3,(H,19,20). The lowest BCUT2D eigenvalue weighted by molar-refractivity contribution is -0.137. The Morgan fingerprint density at radius 3 is 2.29 bits per heavy atom. The first-order chi connectivity index (χ1) is 9.40. The molecule has 0 heterocycles. The highest BCUT2D eigenvalue weighted by Gasteiger charge is 2.31. The van der Waals surface area contributed by atoms with E-state index in [1.54, 1.807) is 27.7 Å². The molecule has 0 fully saturated rings. The lowest BCUT2D eigenvalue weighted by Gasteiger charge is -2.24. The highest BCUT2D eigenvalue weighted by molar-refractivity contribution is 5.96. The number of carbonyl (C=O) groups excluding carboxylic acids is 1. The molecule has 1 aromatic carbocycles. The molecule has 0 saturated heterocycles. The minimum absolute atomic E-state index is 0.123. The van der Waals surface area contributed by atoms with E-state index in [1.807, 2.05) is 0 Å². The molecule has 0 spiro atoms. The fourth-order valence-corrected chi connectivity index (χ4v) is 1.67. The number of ether oxygens (including phenoxy) is 1. The Morgan fingerprint density at radius 1 is 1.29 bits per heavy atom. The molecule has 21 heavy (non-hydrogen) atoms. The molecule has 0 aliphatic heterocycles. The molecule has 3 N–H and O–H groups in total. The van der Waals surface area contributed by atoms with Crippen LogP contribution in [0.3, 0.4) is 0 Å². The van der Waals surface area contributed by atoms with Gasteiger partial charge in [0.2, 0.25) is 0 Å². The Morgan fingerprint density at radius 2 is 1.86 bits per heavy atom. The first kappa shape index (κ1) is 17.3. The van der Waals surface area contributed by atoms with Gasteiger partial charge in [0.1, 0.15) is 6.10 Å². The van der Waals surface area contributed by atoms with Gasteiger partial charge >= 0.3 is 6.18 Å². The van der Waals surface area contributed by atoms with Crippen molar-refractivity contribution < 1.29 is 22.7 Å². The molecule has 1 atom stereocenters. The summed E-state index contributed by atoms with van der Waals surface area (Å²) in [5.41, 5.74) is 4.13. The highest BCUT2D eigenvalue weighted by atomic mass is 19.4. The lowest BCUT2D eigenvalue weighted by Crippen LogP contribution is -2.34. The van der Waals surface area contributed by atoms with E-state index in [2.05, 4.69) is 5.32 Å². The van der Waals surface area contributed by atoms with E-state index in [-0.39, 0.29) is 11.4 Å². The maximum Gasteiger partial charge on any atom is 0.416 e. The number of hydrogen-bond acceptors (Lipinski definition) is 3. The monoisotopic (exact) mass is 304 g/mol. The first-order valence-electron chi connectivity index (χ1n) is 6.35. The maximum absolute atomic E-state index is 12.5. The Labute approximate surface area is 121 Å². The molecule has 0 aliphatic rings. The summed E-state index contributed by atoms with van der Waals surface area (Å²) in [5, 5.41) is 2.45. The topological polar surface area (TPSA) is 64.3 Å². The predicted octanol–water partition coefficient (Wildman–Crippen LogP) is 3.43. The summed E-state index contributed by atoms with van der Waals surface area (Å²) in [6.07, 6.45) is -5.23. The maximum atomic E-state index is 12.5. The fourth-order valence-electron chi connectivity index (χ4n) is 1.67. The van der Waals surface area contributed by atoms with Crippen LogP contribution in [0.25, 0.3) is 0 Å². The van der Waals surface area contributed by atoms with E-state index in [9.17, 15) is 18.0 Å². The van der Waals surface area contributed by atoms with Crippen molar-refractivity contribution in [2.24, 2.45) is 0 Å². The molecule has 1 amide bonds. The van der Waals surface area contributed by atoms with E-state index >= 15 is 0 Å². The molecular formula is C14H19F3N2O2. The van der Waals surface area contributed by atoms with Gasteiger partial charge in [0.05, 0.1) is 22.5 Å². The number of carbonyl (C=O) groups is 1. The zero-order valence-electron chi connectivity index (χ0n) is 12.3. The lowest BCUT2D eigenvalue weighted by atomic mass is 10.1. The molecular weight excluding hydrogens is 285 g/mol. The van der Waals surface area contributed by atoms with E-state index in [0.717, 1.165) is 18.2 Å². The van der Waals surface area contributed by atoms with Crippen molar-refractivity contribution in [2.75, 3.05) is 11.1 Å². The zero-order chi connectivity index (χ0) is 16.4. The average molecular weight is 304 g/mol. The minimum Gasteiger partial charge on any atom is -0.397 e. The van der Waals surface area contributed by atoms with Crippen LogP contribution in [0.15, 0.2) is 18.2 Å². The summed E-state index contributed by atoms with van der Waals surface area (Å²) >= 11 is 0. The van der Waals surface area contributed by atoms with Gasteiger partial charge in [-0.05, 0) is 45.9 Å². The summed E-state index contributed by atoms with van der Waals surface area (Å²) in [7, 11) is 0. The van der Waals surface area contributed by atoms with E-state index in [0.29, 0.717) is 0 Å². The fraction of sp³-hybridized carbons (Fsp3) is 0.500. The van der Waals surface area contributed by atoms with E-state index in [4.69, 9.17) is 10.5 Å². The number of halogens is 3. The number of nitrogens with one attached hydrogen (secondary N) is 1. The Balaban J connectivity index is 2.82. The van der Waals surface area contributed by atoms with Crippen molar-refractivity contribution in [2.45, 2.75) is 45.6 Å². The Bertz CT molecular complexity index is 522. The van der Waals surface area contributed by atoms with Gasteiger partial charge in [0.15, 0.2) is 0 Å². The van der Waals surface area contributed by atoms with E-state index in [1.165, 1.54) is 0 Å². The van der Waals surface area contributed by atoms with Gasteiger partial charge in [-0.25, -0.2) is 0 Å². The second-order valence-electron chi connectivity index (χ2n) is 5.66. The summed E-state index contributed by atoms with van der Waals surface area (Å²) in [6.45, 7) is 6.94. The number of nitrogens with two attached hydrogens (primary N) is 1. The minimum atomic E-state index is -4.47. The number of anilines is 2. The largest absolute Gasteiger partial charge is 0.416 e. The van der Waals surface area contributed by atoms with Crippen LogP contribution in [0.4, 0.5) is 24.5 Å². The molecule has 0 saturated carbocycles. The van der Waals surface area contributed by atoms with Gasteiger partial charge in [0, 0.05) is 0 Å². The highest BCUT2D eigenvalue weighted by Crippen LogP contribution is 2.32. The third kappa shape index (κ3) is 5.26. The zero-order valence-corrected chi connectivity index (χ0v) is 12.3. The number of rotatable bonds is 3. The molecule has 0 aromatic heterocycles. The number of amides is 1. The quantitative estimate of drug-likeness (QED) is 0.841. The van der Waals surface area contributed by atoms with Crippen LogP contribution >= 0.6 is 0 Å². The van der Waals surface area contributed by atoms with Crippen LogP contribution in [0, 0.1) is 0 Å². The number of nitrogen functional groups attached to an aromatic ring is 1. The number of benzene rings is 1. The van der Waals surface area contributed by atoms with Gasteiger partial charge in [-0.15, -0.1) is 0 Å². The smallest absolute Gasteiger partial charge is 0.397 e. The molecule has 1 aromatic rings. The van der Waals surface area contributed by atoms with E-state index < -0.39 is 29.4 Å². The van der Waals surface area contributed by atoms with Gasteiger partial charge in [-0.2, -0.15) is 13.2 Å². The Kier molecular flexibility index (Phi) is 4.88. The van der Waals surface area contributed by atoms with Gasteiger partial charge in [0.25, 0.3) is 5.91 Å². The van der Waals surface area contributed by atoms with Gasteiger partial charge in [-0.1, -0.05) is 0 Å². The Hall–Kier alpha value is -1.76. The van der Waals surface area contributed by atoms with Crippen LogP contribution in [0.5, 0.6) is 0 Å². The third-order valence-electron chi connectivity index (χ3n) is 2.54. The van der Waals surface area contributed by atoms with Crippen molar-refractivity contribution >= 4 is 17.3 Å². The summed E-state index contributed by atoms with van der Waals surface area (Å²) in [6, 6.07) is 2.77. The van der Waals surface area contributed by atoms with Crippen molar-refractivity contribution in [3.05, 3.63) is 23.8 Å². The van der Waals surface area contributed by atoms with Crippen molar-refractivity contribution in [1.82, 2.24) is 0 Å². The molecule has 0 bridgehead atoms. The molecule has 7 heteroatoms. The van der Waals surface area contributed by atoms with Crippen LogP contribution in [0.2, 0.25) is 0 Å². The van der Waals surface area contributed by atoms with Crippen molar-refractivity contribution in [1.29, 1.82) is 0 Å². The van der Waals surface area contributed by atoms with Crippen molar-refractivity contribution in [3.8, 4) is 0 Å². The first-order valence-corrected chi connectivity index (χ1v) is 6.35. The van der Waals surface area contributed by atoms with Crippen LogP contribution < -0.4 is 11.1 Å². The summed E-state index contributed by atoms with van der Waals surface area (Å²) in [4.78, 5) is 11.9. The van der Waals surface area contributed by atoms with Crippen LogP contribution in [0.1, 0.15) is 33.3 Å². The summed E-state index contributed by atoms with van der Waals surface area (Å²) < 4.78 is 43.0. The van der Waals surface area contributed by atoms with Gasteiger partial charge in [-0.3, -0.25) is 4.79 Å². The van der Waals surface area contributed by atoms with Crippen LogP contribution in [-0.4, -0.2) is 17.6 Å². The summed E-state index contributed by atoms with van der Waals surface area (Å²) in [5.74, 6) is -0.476. The molecule has 1 rings (SSSR count). The average Bonchev–Trinajstić information content (AvgIpc) is 2.27. The molecule has 118 valence electrons. The second kappa shape index (κ2) is 5.93. The predicted molar refractivity (Wildman–Crippen MR) is 74.8 cm³/mol. The normalized spacial score (nSPS) is 13.9. The SMILES string of the molecule is CC(OC(C)(C)C)C(=O)Nc1ccc(C(F)(F)F)cc1N. The second-order valence-corrected chi connectivity index (χ2v) is 5.66. The third-order valence-corrected chi connectivity index (χ3v) is 2.54. The number of hydrogen-bond donors (Lipinski definition) is 2.